The standard InChI is InChI=1S/C18H24N2O3S/c21-16(12-4-3-5-12)19-17-15(13-6-1-2-7-14(13)24-17)18(22)20-8-10-23-11-9-20/h12H,1-11H2,(H,19,21). The summed E-state index contributed by atoms with van der Waals surface area (Å²) in [5.41, 5.74) is 1.95. The molecule has 0 bridgehead atoms. The first-order valence-electron chi connectivity index (χ1n) is 9.06. The van der Waals surface area contributed by atoms with Gasteiger partial charge in [0.15, 0.2) is 0 Å². The molecule has 0 atom stereocenters. The number of thiophene rings is 1. The summed E-state index contributed by atoms with van der Waals surface area (Å²) in [4.78, 5) is 28.7. The predicted molar refractivity (Wildman–Crippen MR) is 93.7 cm³/mol. The molecule has 6 heteroatoms. The first-order chi connectivity index (χ1) is 11.7. The second-order valence-electron chi connectivity index (χ2n) is 6.94. The zero-order valence-electron chi connectivity index (χ0n) is 13.9. The summed E-state index contributed by atoms with van der Waals surface area (Å²) < 4.78 is 5.37. The Morgan fingerprint density at radius 2 is 1.83 bits per heavy atom. The topological polar surface area (TPSA) is 58.6 Å². The van der Waals surface area contributed by atoms with Crippen molar-refractivity contribution in [3.63, 3.8) is 0 Å². The fourth-order valence-electron chi connectivity index (χ4n) is 3.69. The van der Waals surface area contributed by atoms with E-state index in [2.05, 4.69) is 5.32 Å². The maximum Gasteiger partial charge on any atom is 0.257 e. The number of aryl methyl sites for hydroxylation is 1. The molecular weight excluding hydrogens is 324 g/mol. The van der Waals surface area contributed by atoms with Crippen LogP contribution in [0, 0.1) is 5.92 Å². The molecule has 2 heterocycles. The third kappa shape index (κ3) is 2.97. The van der Waals surface area contributed by atoms with Crippen LogP contribution in [0.3, 0.4) is 0 Å². The molecule has 3 aliphatic rings. The molecule has 1 aliphatic heterocycles. The molecule has 1 saturated heterocycles. The van der Waals surface area contributed by atoms with Gasteiger partial charge in [-0.15, -0.1) is 11.3 Å². The van der Waals surface area contributed by atoms with Gasteiger partial charge in [0.05, 0.1) is 18.8 Å². The van der Waals surface area contributed by atoms with Crippen LogP contribution in [0.1, 0.15) is 52.9 Å². The molecule has 4 rings (SSSR count). The molecule has 2 amide bonds. The van der Waals surface area contributed by atoms with E-state index in [1.54, 1.807) is 11.3 Å². The van der Waals surface area contributed by atoms with Gasteiger partial charge < -0.3 is 15.0 Å². The molecule has 24 heavy (non-hydrogen) atoms. The number of rotatable bonds is 3. The lowest BCUT2D eigenvalue weighted by Crippen LogP contribution is -2.41. The van der Waals surface area contributed by atoms with Crippen molar-refractivity contribution in [1.29, 1.82) is 0 Å². The second kappa shape index (κ2) is 6.84. The lowest BCUT2D eigenvalue weighted by atomic mass is 9.85. The Morgan fingerprint density at radius 3 is 2.54 bits per heavy atom. The number of carbonyl (C=O) groups excluding carboxylic acids is 2. The van der Waals surface area contributed by atoms with Crippen LogP contribution in [0.25, 0.3) is 0 Å². The Labute approximate surface area is 146 Å². The zero-order chi connectivity index (χ0) is 16.5. The molecule has 1 aromatic heterocycles. The summed E-state index contributed by atoms with van der Waals surface area (Å²) in [6, 6.07) is 0. The van der Waals surface area contributed by atoms with Gasteiger partial charge in [0.2, 0.25) is 5.91 Å². The monoisotopic (exact) mass is 348 g/mol. The normalized spacial score (nSPS) is 21.1. The Balaban J connectivity index is 1.63. The average molecular weight is 348 g/mol. The van der Waals surface area contributed by atoms with E-state index in [4.69, 9.17) is 4.74 Å². The van der Waals surface area contributed by atoms with Crippen molar-refractivity contribution in [2.75, 3.05) is 31.6 Å². The minimum atomic E-state index is 0.0709. The fourth-order valence-corrected chi connectivity index (χ4v) is 4.97. The molecule has 2 aliphatic carbocycles. The van der Waals surface area contributed by atoms with Crippen molar-refractivity contribution in [3.8, 4) is 0 Å². The Kier molecular flexibility index (Phi) is 4.59. The largest absolute Gasteiger partial charge is 0.378 e. The van der Waals surface area contributed by atoms with Gasteiger partial charge in [0.1, 0.15) is 5.00 Å². The van der Waals surface area contributed by atoms with Crippen LogP contribution in [0.4, 0.5) is 5.00 Å². The smallest absolute Gasteiger partial charge is 0.257 e. The number of hydrogen-bond donors (Lipinski definition) is 1. The average Bonchev–Trinajstić information content (AvgIpc) is 2.91. The summed E-state index contributed by atoms with van der Waals surface area (Å²) in [5.74, 6) is 0.299. The lowest BCUT2D eigenvalue weighted by molar-refractivity contribution is -0.122. The Hall–Kier alpha value is -1.40. The molecule has 0 aromatic carbocycles. The van der Waals surface area contributed by atoms with Gasteiger partial charge in [-0.2, -0.15) is 0 Å². The predicted octanol–water partition coefficient (Wildman–Crippen LogP) is 2.84. The number of amides is 2. The van der Waals surface area contributed by atoms with Crippen molar-refractivity contribution in [1.82, 2.24) is 4.90 Å². The molecule has 5 nitrogen and oxygen atoms in total. The minimum Gasteiger partial charge on any atom is -0.378 e. The minimum absolute atomic E-state index is 0.0709. The first-order valence-corrected chi connectivity index (χ1v) is 9.88. The van der Waals surface area contributed by atoms with E-state index in [1.807, 2.05) is 4.90 Å². The van der Waals surface area contributed by atoms with Gasteiger partial charge in [-0.25, -0.2) is 0 Å². The van der Waals surface area contributed by atoms with E-state index in [0.717, 1.165) is 49.1 Å². The molecule has 0 spiro atoms. The van der Waals surface area contributed by atoms with Gasteiger partial charge in [-0.05, 0) is 44.1 Å². The van der Waals surface area contributed by atoms with E-state index in [0.29, 0.717) is 26.3 Å². The number of carbonyl (C=O) groups is 2. The Morgan fingerprint density at radius 1 is 1.08 bits per heavy atom. The SMILES string of the molecule is O=C(Nc1sc2c(c1C(=O)N1CCOCC1)CCCC2)C1CCC1. The summed E-state index contributed by atoms with van der Waals surface area (Å²) in [6.45, 7) is 2.47. The highest BCUT2D eigenvalue weighted by Gasteiger charge is 2.32. The number of hydrogen-bond acceptors (Lipinski definition) is 4. The van der Waals surface area contributed by atoms with E-state index < -0.39 is 0 Å². The molecule has 130 valence electrons. The molecule has 2 fully saturated rings. The van der Waals surface area contributed by atoms with Crippen molar-refractivity contribution >= 4 is 28.2 Å². The van der Waals surface area contributed by atoms with Gasteiger partial charge in [-0.3, -0.25) is 9.59 Å². The van der Waals surface area contributed by atoms with Crippen molar-refractivity contribution < 1.29 is 14.3 Å². The molecule has 1 N–H and O–H groups in total. The van der Waals surface area contributed by atoms with E-state index >= 15 is 0 Å². The quantitative estimate of drug-likeness (QED) is 0.914. The highest BCUT2D eigenvalue weighted by atomic mass is 32.1. The van der Waals surface area contributed by atoms with Crippen LogP contribution in [-0.4, -0.2) is 43.0 Å². The summed E-state index contributed by atoms with van der Waals surface area (Å²) in [6.07, 6.45) is 7.38. The Bertz CT molecular complexity index is 645. The van der Waals surface area contributed by atoms with Gasteiger partial charge in [0, 0.05) is 23.9 Å². The maximum absolute atomic E-state index is 13.1. The lowest BCUT2D eigenvalue weighted by Gasteiger charge is -2.28. The number of nitrogens with zero attached hydrogens (tertiary/aromatic N) is 1. The van der Waals surface area contributed by atoms with Crippen LogP contribution in [0.5, 0.6) is 0 Å². The van der Waals surface area contributed by atoms with Gasteiger partial charge in [0.25, 0.3) is 5.91 Å². The third-order valence-corrected chi connectivity index (χ3v) is 6.60. The number of fused-ring (bicyclic) bond motifs is 1. The third-order valence-electron chi connectivity index (χ3n) is 5.40. The highest BCUT2D eigenvalue weighted by Crippen LogP contribution is 2.40. The van der Waals surface area contributed by atoms with E-state index in [-0.39, 0.29) is 17.7 Å². The zero-order valence-corrected chi connectivity index (χ0v) is 14.8. The molecular formula is C18H24N2O3S. The van der Waals surface area contributed by atoms with E-state index in [9.17, 15) is 9.59 Å². The van der Waals surface area contributed by atoms with Crippen LogP contribution in [0.2, 0.25) is 0 Å². The van der Waals surface area contributed by atoms with Gasteiger partial charge >= 0.3 is 0 Å². The number of morpholine rings is 1. The fraction of sp³-hybridized carbons (Fsp3) is 0.667. The van der Waals surface area contributed by atoms with E-state index in [1.165, 1.54) is 16.9 Å². The van der Waals surface area contributed by atoms with Crippen molar-refractivity contribution in [2.24, 2.45) is 5.92 Å². The molecule has 1 aromatic rings. The van der Waals surface area contributed by atoms with Gasteiger partial charge in [-0.1, -0.05) is 6.42 Å². The number of anilines is 1. The maximum atomic E-state index is 13.1. The molecule has 1 saturated carbocycles. The van der Waals surface area contributed by atoms with Crippen LogP contribution < -0.4 is 5.32 Å². The molecule has 0 radical (unpaired) electrons. The second-order valence-corrected chi connectivity index (χ2v) is 8.04. The van der Waals surface area contributed by atoms with Crippen LogP contribution in [-0.2, 0) is 22.4 Å². The van der Waals surface area contributed by atoms with Crippen LogP contribution in [0.15, 0.2) is 0 Å². The first kappa shape index (κ1) is 16.1. The summed E-state index contributed by atoms with van der Waals surface area (Å²) in [7, 11) is 0. The van der Waals surface area contributed by atoms with Crippen LogP contribution >= 0.6 is 11.3 Å². The van der Waals surface area contributed by atoms with Crippen molar-refractivity contribution in [3.05, 3.63) is 16.0 Å². The summed E-state index contributed by atoms with van der Waals surface area (Å²) >= 11 is 1.62. The summed E-state index contributed by atoms with van der Waals surface area (Å²) in [5, 5.41) is 3.88. The highest BCUT2D eigenvalue weighted by molar-refractivity contribution is 7.17. The number of nitrogens with one attached hydrogen (secondary N) is 1. The number of ether oxygens (including phenoxy) is 1. The van der Waals surface area contributed by atoms with Crippen molar-refractivity contribution in [2.45, 2.75) is 44.9 Å². The molecule has 0 unspecified atom stereocenters.